The fourth-order valence-corrected chi connectivity index (χ4v) is 1.97. The van der Waals surface area contributed by atoms with Crippen LogP contribution in [0.5, 0.6) is 0 Å². The third-order valence-electron chi connectivity index (χ3n) is 3.28. The van der Waals surface area contributed by atoms with Gasteiger partial charge in [-0.2, -0.15) is 0 Å². The van der Waals surface area contributed by atoms with E-state index < -0.39 is 0 Å². The molecule has 12 heavy (non-hydrogen) atoms. The largest absolute Gasteiger partial charge is 0.314 e. The summed E-state index contributed by atoms with van der Waals surface area (Å²) in [5, 5.41) is 3.66. The van der Waals surface area contributed by atoms with E-state index >= 15 is 0 Å². The lowest BCUT2D eigenvalue weighted by molar-refractivity contribution is 0.294. The number of hydrogen-bond donors (Lipinski definition) is 1. The SMILES string of the molecule is CC(C)C(C)C1CCCCCN1. The Hall–Kier alpha value is -0.0400. The van der Waals surface area contributed by atoms with Gasteiger partial charge in [-0.05, 0) is 31.2 Å². The van der Waals surface area contributed by atoms with Crippen LogP contribution in [-0.2, 0) is 0 Å². The van der Waals surface area contributed by atoms with Crippen LogP contribution in [0.15, 0.2) is 0 Å². The Morgan fingerprint density at radius 3 is 2.50 bits per heavy atom. The highest BCUT2D eigenvalue weighted by atomic mass is 14.9. The van der Waals surface area contributed by atoms with Crippen LogP contribution in [0.4, 0.5) is 0 Å². The van der Waals surface area contributed by atoms with Gasteiger partial charge in [-0.3, -0.25) is 0 Å². The van der Waals surface area contributed by atoms with E-state index in [4.69, 9.17) is 0 Å². The van der Waals surface area contributed by atoms with Crippen molar-refractivity contribution >= 4 is 0 Å². The molecule has 1 rings (SSSR count). The molecule has 1 heteroatoms. The Labute approximate surface area is 76.9 Å². The smallest absolute Gasteiger partial charge is 0.00951 e. The van der Waals surface area contributed by atoms with Crippen LogP contribution in [0.1, 0.15) is 46.5 Å². The molecule has 1 aliphatic rings. The maximum absolute atomic E-state index is 3.66. The number of nitrogens with one attached hydrogen (secondary N) is 1. The normalized spacial score (nSPS) is 28.5. The molecule has 0 amide bonds. The molecule has 1 N–H and O–H groups in total. The van der Waals surface area contributed by atoms with Crippen LogP contribution in [0.25, 0.3) is 0 Å². The molecule has 0 saturated carbocycles. The van der Waals surface area contributed by atoms with Crippen molar-refractivity contribution in [2.24, 2.45) is 11.8 Å². The lowest BCUT2D eigenvalue weighted by Gasteiger charge is -2.26. The first-order chi connectivity index (χ1) is 5.72. The van der Waals surface area contributed by atoms with Crippen molar-refractivity contribution < 1.29 is 0 Å². The summed E-state index contributed by atoms with van der Waals surface area (Å²) in [4.78, 5) is 0. The highest BCUT2D eigenvalue weighted by Gasteiger charge is 2.20. The third-order valence-corrected chi connectivity index (χ3v) is 3.28. The Bertz CT molecular complexity index is 112. The van der Waals surface area contributed by atoms with Gasteiger partial charge in [0.15, 0.2) is 0 Å². The van der Waals surface area contributed by atoms with E-state index in [0.29, 0.717) is 0 Å². The van der Waals surface area contributed by atoms with Gasteiger partial charge in [-0.25, -0.2) is 0 Å². The Morgan fingerprint density at radius 1 is 1.08 bits per heavy atom. The number of rotatable bonds is 2. The lowest BCUT2D eigenvalue weighted by Crippen LogP contribution is -2.36. The molecular formula is C11H23N. The molecule has 1 fully saturated rings. The molecule has 0 aromatic carbocycles. The van der Waals surface area contributed by atoms with Gasteiger partial charge >= 0.3 is 0 Å². The summed E-state index contributed by atoms with van der Waals surface area (Å²) < 4.78 is 0. The summed E-state index contributed by atoms with van der Waals surface area (Å²) in [6.45, 7) is 8.28. The van der Waals surface area contributed by atoms with Crippen LogP contribution in [0.2, 0.25) is 0 Å². The van der Waals surface area contributed by atoms with Crippen molar-refractivity contribution in [1.29, 1.82) is 0 Å². The topological polar surface area (TPSA) is 12.0 Å². The summed E-state index contributed by atoms with van der Waals surface area (Å²) in [6, 6.07) is 0.785. The first-order valence-electron chi connectivity index (χ1n) is 5.45. The van der Waals surface area contributed by atoms with Crippen LogP contribution >= 0.6 is 0 Å². The van der Waals surface area contributed by atoms with Gasteiger partial charge in [0.05, 0.1) is 0 Å². The summed E-state index contributed by atoms with van der Waals surface area (Å²) in [7, 11) is 0. The second kappa shape index (κ2) is 4.86. The molecule has 2 unspecified atom stereocenters. The van der Waals surface area contributed by atoms with Crippen molar-refractivity contribution in [3.63, 3.8) is 0 Å². The Balaban J connectivity index is 2.37. The molecule has 1 aliphatic heterocycles. The molecule has 1 saturated heterocycles. The van der Waals surface area contributed by atoms with Gasteiger partial charge < -0.3 is 5.32 Å². The van der Waals surface area contributed by atoms with Gasteiger partial charge in [0.25, 0.3) is 0 Å². The van der Waals surface area contributed by atoms with E-state index in [0.717, 1.165) is 17.9 Å². The van der Waals surface area contributed by atoms with Crippen molar-refractivity contribution in [1.82, 2.24) is 5.32 Å². The third kappa shape index (κ3) is 2.78. The molecule has 0 aromatic rings. The minimum atomic E-state index is 0.785. The predicted molar refractivity (Wildman–Crippen MR) is 54.3 cm³/mol. The molecule has 2 atom stereocenters. The van der Waals surface area contributed by atoms with Gasteiger partial charge in [0, 0.05) is 6.04 Å². The molecule has 1 heterocycles. The zero-order valence-electron chi connectivity index (χ0n) is 8.77. The molecule has 0 spiro atoms. The van der Waals surface area contributed by atoms with Crippen LogP contribution in [-0.4, -0.2) is 12.6 Å². The average Bonchev–Trinajstić information content (AvgIpc) is 2.30. The second-order valence-corrected chi connectivity index (χ2v) is 4.51. The van der Waals surface area contributed by atoms with Gasteiger partial charge in [-0.15, -0.1) is 0 Å². The minimum absolute atomic E-state index is 0.785. The molecule has 0 aliphatic carbocycles. The van der Waals surface area contributed by atoms with Crippen LogP contribution < -0.4 is 5.32 Å². The fourth-order valence-electron chi connectivity index (χ4n) is 1.97. The van der Waals surface area contributed by atoms with E-state index in [1.807, 2.05) is 0 Å². The highest BCUT2D eigenvalue weighted by molar-refractivity contribution is 4.77. The van der Waals surface area contributed by atoms with Gasteiger partial charge in [0.2, 0.25) is 0 Å². The zero-order valence-corrected chi connectivity index (χ0v) is 8.77. The van der Waals surface area contributed by atoms with Crippen molar-refractivity contribution in [3.05, 3.63) is 0 Å². The maximum Gasteiger partial charge on any atom is 0.00951 e. The predicted octanol–water partition coefficient (Wildman–Crippen LogP) is 2.81. The molecule has 0 bridgehead atoms. The van der Waals surface area contributed by atoms with Crippen molar-refractivity contribution in [2.75, 3.05) is 6.54 Å². The Morgan fingerprint density at radius 2 is 1.83 bits per heavy atom. The first-order valence-corrected chi connectivity index (χ1v) is 5.45. The van der Waals surface area contributed by atoms with Crippen LogP contribution in [0, 0.1) is 11.8 Å². The summed E-state index contributed by atoms with van der Waals surface area (Å²) in [6.07, 6.45) is 5.61. The fraction of sp³-hybridized carbons (Fsp3) is 1.00. The zero-order chi connectivity index (χ0) is 8.97. The lowest BCUT2D eigenvalue weighted by atomic mass is 9.88. The quantitative estimate of drug-likeness (QED) is 0.670. The summed E-state index contributed by atoms with van der Waals surface area (Å²) in [5.41, 5.74) is 0. The van der Waals surface area contributed by atoms with Gasteiger partial charge in [0.1, 0.15) is 0 Å². The summed E-state index contributed by atoms with van der Waals surface area (Å²) >= 11 is 0. The minimum Gasteiger partial charge on any atom is -0.314 e. The Kier molecular flexibility index (Phi) is 4.07. The van der Waals surface area contributed by atoms with Crippen molar-refractivity contribution in [3.8, 4) is 0 Å². The molecule has 1 nitrogen and oxygen atoms in total. The standard InChI is InChI=1S/C11H23N/c1-9(2)10(3)11-7-5-4-6-8-12-11/h9-12H,4-8H2,1-3H3. The number of hydrogen-bond acceptors (Lipinski definition) is 1. The van der Waals surface area contributed by atoms with E-state index in [-0.39, 0.29) is 0 Å². The first kappa shape index (κ1) is 10.0. The summed E-state index contributed by atoms with van der Waals surface area (Å²) in [5.74, 6) is 1.66. The average molecular weight is 169 g/mol. The second-order valence-electron chi connectivity index (χ2n) is 4.51. The van der Waals surface area contributed by atoms with E-state index in [2.05, 4.69) is 26.1 Å². The van der Waals surface area contributed by atoms with Crippen molar-refractivity contribution in [2.45, 2.75) is 52.5 Å². The molecular weight excluding hydrogens is 146 g/mol. The monoisotopic (exact) mass is 169 g/mol. The van der Waals surface area contributed by atoms with E-state index in [1.54, 1.807) is 0 Å². The molecule has 0 radical (unpaired) electrons. The van der Waals surface area contributed by atoms with Gasteiger partial charge in [-0.1, -0.05) is 33.6 Å². The maximum atomic E-state index is 3.66. The van der Waals surface area contributed by atoms with E-state index in [9.17, 15) is 0 Å². The highest BCUT2D eigenvalue weighted by Crippen LogP contribution is 2.20. The van der Waals surface area contributed by atoms with E-state index in [1.165, 1.54) is 32.2 Å². The molecule has 0 aromatic heterocycles. The van der Waals surface area contributed by atoms with Crippen LogP contribution in [0.3, 0.4) is 0 Å². The molecule has 72 valence electrons.